The largest absolute Gasteiger partial charge is 0.484 e. The first kappa shape index (κ1) is 13.6. The van der Waals surface area contributed by atoms with Gasteiger partial charge in [0, 0.05) is 4.88 Å². The van der Waals surface area contributed by atoms with Crippen LogP contribution in [0.2, 0.25) is 0 Å². The van der Waals surface area contributed by atoms with E-state index in [1.807, 2.05) is 0 Å². The minimum atomic E-state index is 0.245. The summed E-state index contributed by atoms with van der Waals surface area (Å²) in [5.74, 6) is 0. The van der Waals surface area contributed by atoms with Crippen molar-refractivity contribution in [3.05, 3.63) is 17.0 Å². The molecule has 0 saturated heterocycles. The van der Waals surface area contributed by atoms with Gasteiger partial charge in [0.2, 0.25) is 0 Å². The topological polar surface area (TPSA) is 9.23 Å². The van der Waals surface area contributed by atoms with E-state index in [0.717, 1.165) is 11.7 Å². The fourth-order valence-corrected chi connectivity index (χ4v) is 2.44. The van der Waals surface area contributed by atoms with Crippen molar-refractivity contribution >= 4 is 11.3 Å². The molecule has 2 heteroatoms. The lowest BCUT2D eigenvalue weighted by Gasteiger charge is -2.15. The molecule has 0 aliphatic carbocycles. The third kappa shape index (κ3) is 4.56. The van der Waals surface area contributed by atoms with Crippen LogP contribution in [-0.2, 0) is 5.41 Å². The lowest BCUT2D eigenvalue weighted by Crippen LogP contribution is -2.07. The summed E-state index contributed by atoms with van der Waals surface area (Å²) in [5, 5.41) is 1.07. The van der Waals surface area contributed by atoms with Crippen LogP contribution in [0.15, 0.2) is 12.1 Å². The molecular weight excluding hydrogens is 216 g/mol. The van der Waals surface area contributed by atoms with Gasteiger partial charge in [0.05, 0.1) is 6.61 Å². The van der Waals surface area contributed by atoms with Gasteiger partial charge in [0.1, 0.15) is 0 Å². The van der Waals surface area contributed by atoms with Crippen molar-refractivity contribution in [1.82, 2.24) is 0 Å². The van der Waals surface area contributed by atoms with Crippen LogP contribution in [-0.4, -0.2) is 6.61 Å². The predicted octanol–water partition coefficient (Wildman–Crippen LogP) is 5.00. The smallest absolute Gasteiger partial charge is 0.173 e. The van der Waals surface area contributed by atoms with Gasteiger partial charge in [-0.2, -0.15) is 0 Å². The third-order valence-electron chi connectivity index (χ3n) is 2.56. The van der Waals surface area contributed by atoms with Crippen molar-refractivity contribution in [1.29, 1.82) is 0 Å². The van der Waals surface area contributed by atoms with Gasteiger partial charge in [-0.05, 0) is 24.0 Å². The van der Waals surface area contributed by atoms with E-state index in [-0.39, 0.29) is 5.41 Å². The van der Waals surface area contributed by atoms with Gasteiger partial charge >= 0.3 is 0 Å². The molecule has 0 spiro atoms. The van der Waals surface area contributed by atoms with E-state index in [1.165, 1.54) is 30.6 Å². The molecular formula is C14H24OS. The van der Waals surface area contributed by atoms with Crippen LogP contribution >= 0.6 is 11.3 Å². The highest BCUT2D eigenvalue weighted by Gasteiger charge is 2.16. The average Bonchev–Trinajstić information content (AvgIpc) is 2.65. The Balaban J connectivity index is 2.30. The molecule has 0 amide bonds. The van der Waals surface area contributed by atoms with Crippen molar-refractivity contribution in [3.8, 4) is 5.06 Å². The summed E-state index contributed by atoms with van der Waals surface area (Å²) in [7, 11) is 0. The van der Waals surface area contributed by atoms with E-state index in [2.05, 4.69) is 39.8 Å². The van der Waals surface area contributed by atoms with Crippen LogP contribution in [0.4, 0.5) is 0 Å². The maximum Gasteiger partial charge on any atom is 0.173 e. The molecule has 0 aliphatic heterocycles. The van der Waals surface area contributed by atoms with Gasteiger partial charge in [-0.25, -0.2) is 0 Å². The molecule has 0 unspecified atom stereocenters. The first-order valence-electron chi connectivity index (χ1n) is 6.27. The summed E-state index contributed by atoms with van der Waals surface area (Å²) in [6.07, 6.45) is 5.07. The molecule has 16 heavy (non-hydrogen) atoms. The Hall–Kier alpha value is -0.500. The van der Waals surface area contributed by atoms with E-state index < -0.39 is 0 Å². The summed E-state index contributed by atoms with van der Waals surface area (Å²) in [4.78, 5) is 1.40. The number of rotatable bonds is 6. The fourth-order valence-electron chi connectivity index (χ4n) is 1.50. The summed E-state index contributed by atoms with van der Waals surface area (Å²) < 4.78 is 5.75. The van der Waals surface area contributed by atoms with Gasteiger partial charge in [0.15, 0.2) is 5.06 Å². The Bertz CT molecular complexity index is 296. The molecule has 0 fully saturated rings. The third-order valence-corrected chi connectivity index (χ3v) is 3.99. The van der Waals surface area contributed by atoms with E-state index in [9.17, 15) is 0 Å². The highest BCUT2D eigenvalue weighted by Crippen LogP contribution is 2.33. The van der Waals surface area contributed by atoms with Gasteiger partial charge in [-0.1, -0.05) is 47.0 Å². The quantitative estimate of drug-likeness (QED) is 0.635. The second kappa shape index (κ2) is 6.29. The maximum atomic E-state index is 5.75. The molecule has 0 aromatic carbocycles. The van der Waals surface area contributed by atoms with Crippen LogP contribution in [0.3, 0.4) is 0 Å². The molecule has 0 radical (unpaired) electrons. The van der Waals surface area contributed by atoms with Crippen molar-refractivity contribution in [2.24, 2.45) is 0 Å². The monoisotopic (exact) mass is 240 g/mol. The Labute approximate surface area is 104 Å². The van der Waals surface area contributed by atoms with Gasteiger partial charge in [0.25, 0.3) is 0 Å². The Morgan fingerprint density at radius 3 is 2.44 bits per heavy atom. The average molecular weight is 240 g/mol. The Kier molecular flexibility index (Phi) is 5.33. The van der Waals surface area contributed by atoms with Crippen LogP contribution in [0.25, 0.3) is 0 Å². The molecule has 0 atom stereocenters. The van der Waals surface area contributed by atoms with Crippen LogP contribution in [0.1, 0.15) is 58.3 Å². The lowest BCUT2D eigenvalue weighted by atomic mass is 9.95. The standard InChI is InChI=1S/C14H24OS/c1-5-6-7-8-11-15-13-10-9-12(16-13)14(2,3)4/h9-10H,5-8,11H2,1-4H3. The van der Waals surface area contributed by atoms with Crippen LogP contribution < -0.4 is 4.74 Å². The van der Waals surface area contributed by atoms with E-state index >= 15 is 0 Å². The Morgan fingerprint density at radius 2 is 1.88 bits per heavy atom. The minimum Gasteiger partial charge on any atom is -0.484 e. The van der Waals surface area contributed by atoms with Crippen LogP contribution in [0.5, 0.6) is 5.06 Å². The number of thiophene rings is 1. The summed E-state index contributed by atoms with van der Waals surface area (Å²) in [5.41, 5.74) is 0.245. The van der Waals surface area contributed by atoms with Crippen molar-refractivity contribution in [2.45, 2.75) is 58.8 Å². The Morgan fingerprint density at radius 1 is 1.12 bits per heavy atom. The number of hydrogen-bond donors (Lipinski definition) is 0. The summed E-state index contributed by atoms with van der Waals surface area (Å²) in [6.45, 7) is 9.82. The van der Waals surface area contributed by atoms with Crippen LogP contribution in [0, 0.1) is 0 Å². The molecule has 0 bridgehead atoms. The number of ether oxygens (including phenoxy) is 1. The fraction of sp³-hybridized carbons (Fsp3) is 0.714. The summed E-state index contributed by atoms with van der Waals surface area (Å²) in [6, 6.07) is 4.29. The molecule has 1 aromatic rings. The van der Waals surface area contributed by atoms with E-state index in [1.54, 1.807) is 11.3 Å². The maximum absolute atomic E-state index is 5.75. The van der Waals surface area contributed by atoms with Crippen molar-refractivity contribution < 1.29 is 4.74 Å². The zero-order valence-electron chi connectivity index (χ0n) is 11.0. The normalized spacial score (nSPS) is 11.8. The second-order valence-electron chi connectivity index (χ2n) is 5.28. The molecule has 1 aromatic heterocycles. The van der Waals surface area contributed by atoms with Crippen molar-refractivity contribution in [2.75, 3.05) is 6.61 Å². The molecule has 1 nitrogen and oxygen atoms in total. The lowest BCUT2D eigenvalue weighted by molar-refractivity contribution is 0.313. The highest BCUT2D eigenvalue weighted by molar-refractivity contribution is 7.14. The van der Waals surface area contributed by atoms with Gasteiger partial charge in [-0.15, -0.1) is 11.3 Å². The van der Waals surface area contributed by atoms with Gasteiger partial charge < -0.3 is 4.74 Å². The molecule has 1 rings (SSSR count). The molecule has 0 saturated carbocycles. The zero-order chi connectivity index (χ0) is 12.0. The molecule has 1 heterocycles. The van der Waals surface area contributed by atoms with Gasteiger partial charge in [-0.3, -0.25) is 0 Å². The first-order valence-corrected chi connectivity index (χ1v) is 7.09. The molecule has 0 N–H and O–H groups in total. The molecule has 0 aliphatic rings. The number of hydrogen-bond acceptors (Lipinski definition) is 2. The zero-order valence-corrected chi connectivity index (χ0v) is 11.8. The molecule has 92 valence electrons. The summed E-state index contributed by atoms with van der Waals surface area (Å²) >= 11 is 1.78. The van der Waals surface area contributed by atoms with Crippen molar-refractivity contribution in [3.63, 3.8) is 0 Å². The first-order chi connectivity index (χ1) is 7.54. The highest BCUT2D eigenvalue weighted by atomic mass is 32.1. The minimum absolute atomic E-state index is 0.245. The SMILES string of the molecule is CCCCCCOc1ccc(C(C)(C)C)s1. The number of unbranched alkanes of at least 4 members (excludes halogenated alkanes) is 3. The van der Waals surface area contributed by atoms with E-state index in [4.69, 9.17) is 4.74 Å². The van der Waals surface area contributed by atoms with E-state index in [0.29, 0.717) is 0 Å². The predicted molar refractivity (Wildman–Crippen MR) is 72.7 cm³/mol. The second-order valence-corrected chi connectivity index (χ2v) is 6.32.